The van der Waals surface area contributed by atoms with Crippen molar-refractivity contribution in [1.82, 2.24) is 4.98 Å². The minimum Gasteiger partial charge on any atom is -0.436 e. The lowest BCUT2D eigenvalue weighted by Crippen LogP contribution is -2.28. The molecule has 0 saturated heterocycles. The van der Waals surface area contributed by atoms with Gasteiger partial charge in [-0.25, -0.2) is 13.4 Å². The second-order valence-electron chi connectivity index (χ2n) is 7.17. The van der Waals surface area contributed by atoms with Gasteiger partial charge in [0.25, 0.3) is 0 Å². The van der Waals surface area contributed by atoms with Crippen LogP contribution >= 0.6 is 0 Å². The Labute approximate surface area is 163 Å². The van der Waals surface area contributed by atoms with Crippen LogP contribution in [0.2, 0.25) is 0 Å². The van der Waals surface area contributed by atoms with Crippen molar-refractivity contribution in [3.63, 3.8) is 0 Å². The van der Waals surface area contributed by atoms with Gasteiger partial charge in [-0.1, -0.05) is 25.5 Å². The molecule has 0 atom stereocenters. The summed E-state index contributed by atoms with van der Waals surface area (Å²) in [5, 5.41) is 3.01. The molecule has 0 radical (unpaired) electrons. The molecule has 4 rings (SSSR count). The highest BCUT2D eigenvalue weighted by atomic mass is 32.2. The third-order valence-corrected chi connectivity index (χ3v) is 7.05. The monoisotopic (exact) mass is 398 g/mol. The summed E-state index contributed by atoms with van der Waals surface area (Å²) in [7, 11) is -3.32. The number of carbonyl (C=O) groups excluding carboxylic acids is 1. The Hall–Kier alpha value is -2.67. The second-order valence-corrected chi connectivity index (χ2v) is 9.44. The minimum atomic E-state index is -3.32. The summed E-state index contributed by atoms with van der Waals surface area (Å²) >= 11 is 0. The zero-order valence-corrected chi connectivity index (χ0v) is 16.7. The molecule has 1 fully saturated rings. The Morgan fingerprint density at radius 2 is 2.04 bits per heavy atom. The molecule has 0 bridgehead atoms. The maximum Gasteiger partial charge on any atom is 0.229 e. The quantitative estimate of drug-likeness (QED) is 0.691. The molecule has 7 heteroatoms. The molecule has 0 unspecified atom stereocenters. The van der Waals surface area contributed by atoms with E-state index in [9.17, 15) is 13.2 Å². The SMILES string of the molecule is CCS(=O)(=O)c1ccc2oc(-c3c(C)cccc3NC(=O)C3CCC3)nc2c1. The van der Waals surface area contributed by atoms with Gasteiger partial charge in [-0.15, -0.1) is 0 Å². The first-order chi connectivity index (χ1) is 13.4. The van der Waals surface area contributed by atoms with Gasteiger partial charge < -0.3 is 9.73 Å². The van der Waals surface area contributed by atoms with Crippen LogP contribution in [0.25, 0.3) is 22.6 Å². The molecule has 1 aliphatic rings. The first-order valence-electron chi connectivity index (χ1n) is 9.43. The first-order valence-corrected chi connectivity index (χ1v) is 11.1. The molecule has 0 spiro atoms. The number of sulfone groups is 1. The van der Waals surface area contributed by atoms with Gasteiger partial charge in [0, 0.05) is 5.92 Å². The molecular weight excluding hydrogens is 376 g/mol. The molecule has 1 saturated carbocycles. The first kappa shape index (κ1) is 18.7. The van der Waals surface area contributed by atoms with Crippen LogP contribution in [0.1, 0.15) is 31.7 Å². The fourth-order valence-electron chi connectivity index (χ4n) is 3.34. The molecular formula is C21H22N2O4S. The van der Waals surface area contributed by atoms with Crippen molar-refractivity contribution in [2.24, 2.45) is 5.92 Å². The number of hydrogen-bond donors (Lipinski definition) is 1. The maximum atomic E-state index is 12.4. The number of anilines is 1. The Balaban J connectivity index is 1.76. The number of nitrogens with zero attached hydrogens (tertiary/aromatic N) is 1. The Morgan fingerprint density at radius 3 is 2.71 bits per heavy atom. The van der Waals surface area contributed by atoms with Gasteiger partial charge in [-0.3, -0.25) is 4.79 Å². The van der Waals surface area contributed by atoms with Gasteiger partial charge in [-0.2, -0.15) is 0 Å². The lowest BCUT2D eigenvalue weighted by Gasteiger charge is -2.24. The van der Waals surface area contributed by atoms with Crippen LogP contribution in [0.15, 0.2) is 45.7 Å². The number of nitrogens with one attached hydrogen (secondary N) is 1. The fraction of sp³-hybridized carbons (Fsp3) is 0.333. The molecule has 1 heterocycles. The molecule has 0 aliphatic heterocycles. The van der Waals surface area contributed by atoms with Crippen LogP contribution in [0.5, 0.6) is 0 Å². The highest BCUT2D eigenvalue weighted by Gasteiger charge is 2.26. The summed E-state index contributed by atoms with van der Waals surface area (Å²) in [5.41, 5.74) is 3.27. The van der Waals surface area contributed by atoms with Crippen molar-refractivity contribution in [2.45, 2.75) is 38.0 Å². The van der Waals surface area contributed by atoms with Crippen LogP contribution in [0, 0.1) is 12.8 Å². The van der Waals surface area contributed by atoms with Gasteiger partial charge in [0.1, 0.15) is 5.52 Å². The highest BCUT2D eigenvalue weighted by Crippen LogP contribution is 2.35. The molecule has 3 aromatic rings. The third kappa shape index (κ3) is 3.30. The van der Waals surface area contributed by atoms with E-state index in [2.05, 4.69) is 10.3 Å². The third-order valence-electron chi connectivity index (χ3n) is 5.32. The van der Waals surface area contributed by atoms with E-state index in [1.165, 1.54) is 12.1 Å². The van der Waals surface area contributed by atoms with Gasteiger partial charge in [0.15, 0.2) is 15.4 Å². The average molecular weight is 398 g/mol. The molecule has 146 valence electrons. The Bertz CT molecular complexity index is 1160. The summed E-state index contributed by atoms with van der Waals surface area (Å²) in [5.74, 6) is 0.477. The summed E-state index contributed by atoms with van der Waals surface area (Å²) in [4.78, 5) is 17.2. The number of rotatable bonds is 5. The predicted octanol–water partition coefficient (Wildman–Crippen LogP) is 4.34. The maximum absolute atomic E-state index is 12.4. The van der Waals surface area contributed by atoms with E-state index in [0.29, 0.717) is 28.2 Å². The van der Waals surface area contributed by atoms with E-state index >= 15 is 0 Å². The number of amides is 1. The second kappa shape index (κ2) is 7.05. The fourth-order valence-corrected chi connectivity index (χ4v) is 4.24. The van der Waals surface area contributed by atoms with E-state index in [4.69, 9.17) is 4.42 Å². The van der Waals surface area contributed by atoms with E-state index in [1.807, 2.05) is 25.1 Å². The van der Waals surface area contributed by atoms with Gasteiger partial charge in [0.2, 0.25) is 11.8 Å². The normalized spacial score (nSPS) is 14.8. The molecule has 1 aromatic heterocycles. The number of benzene rings is 2. The van der Waals surface area contributed by atoms with Crippen molar-refractivity contribution >= 4 is 32.5 Å². The van der Waals surface area contributed by atoms with Gasteiger partial charge >= 0.3 is 0 Å². The minimum absolute atomic E-state index is 0.0190. The van der Waals surface area contributed by atoms with E-state index in [0.717, 1.165) is 24.8 Å². The van der Waals surface area contributed by atoms with Crippen molar-refractivity contribution < 1.29 is 17.6 Å². The smallest absolute Gasteiger partial charge is 0.229 e. The van der Waals surface area contributed by atoms with E-state index < -0.39 is 9.84 Å². The number of oxazole rings is 1. The standard InChI is InChI=1S/C21H22N2O4S/c1-3-28(25,26)15-10-11-18-17(12-15)23-21(27-18)19-13(2)6-4-9-16(19)22-20(24)14-7-5-8-14/h4,6,9-12,14H,3,5,7-8H2,1-2H3,(H,22,24). The lowest BCUT2D eigenvalue weighted by atomic mass is 9.84. The molecule has 1 amide bonds. The summed E-state index contributed by atoms with van der Waals surface area (Å²) in [6, 6.07) is 10.3. The summed E-state index contributed by atoms with van der Waals surface area (Å²) in [6.45, 7) is 3.54. The van der Waals surface area contributed by atoms with Crippen molar-refractivity contribution in [3.05, 3.63) is 42.0 Å². The van der Waals surface area contributed by atoms with Crippen LogP contribution in [0.3, 0.4) is 0 Å². The predicted molar refractivity (Wildman–Crippen MR) is 108 cm³/mol. The molecule has 1 aliphatic carbocycles. The van der Waals surface area contributed by atoms with Crippen molar-refractivity contribution in [2.75, 3.05) is 11.1 Å². The Kier molecular flexibility index (Phi) is 4.71. The summed E-state index contributed by atoms with van der Waals surface area (Å²) in [6.07, 6.45) is 2.93. The van der Waals surface area contributed by atoms with Crippen LogP contribution in [-0.2, 0) is 14.6 Å². The van der Waals surface area contributed by atoms with Crippen LogP contribution in [0.4, 0.5) is 5.69 Å². The molecule has 28 heavy (non-hydrogen) atoms. The number of aryl methyl sites for hydroxylation is 1. The highest BCUT2D eigenvalue weighted by molar-refractivity contribution is 7.91. The number of fused-ring (bicyclic) bond motifs is 1. The van der Waals surface area contributed by atoms with Crippen LogP contribution < -0.4 is 5.32 Å². The molecule has 2 aromatic carbocycles. The zero-order valence-electron chi connectivity index (χ0n) is 15.9. The zero-order chi connectivity index (χ0) is 19.9. The van der Waals surface area contributed by atoms with Crippen LogP contribution in [-0.4, -0.2) is 25.1 Å². The Morgan fingerprint density at radius 1 is 1.25 bits per heavy atom. The van der Waals surface area contributed by atoms with Gasteiger partial charge in [0.05, 0.1) is 21.9 Å². The molecule has 6 nitrogen and oxygen atoms in total. The number of hydrogen-bond acceptors (Lipinski definition) is 5. The number of aromatic nitrogens is 1. The van der Waals surface area contributed by atoms with Gasteiger partial charge in [-0.05, 0) is 49.6 Å². The summed E-state index contributed by atoms with van der Waals surface area (Å²) < 4.78 is 30.2. The lowest BCUT2D eigenvalue weighted by molar-refractivity contribution is -0.122. The van der Waals surface area contributed by atoms with Crippen molar-refractivity contribution in [1.29, 1.82) is 0 Å². The van der Waals surface area contributed by atoms with E-state index in [1.54, 1.807) is 13.0 Å². The largest absolute Gasteiger partial charge is 0.436 e. The van der Waals surface area contributed by atoms with Crippen molar-refractivity contribution in [3.8, 4) is 11.5 Å². The topological polar surface area (TPSA) is 89.3 Å². The average Bonchev–Trinajstić information content (AvgIpc) is 3.02. The molecule has 1 N–H and O–H groups in total. The number of carbonyl (C=O) groups is 1. The van der Waals surface area contributed by atoms with E-state index in [-0.39, 0.29) is 22.5 Å².